The van der Waals surface area contributed by atoms with Crippen molar-refractivity contribution in [3.05, 3.63) is 53.8 Å². The number of nitrogens with one attached hydrogen (secondary N) is 1. The minimum atomic E-state index is 0.112. The van der Waals surface area contributed by atoms with Crippen LogP contribution in [0.25, 0.3) is 0 Å². The Labute approximate surface area is 199 Å². The minimum Gasteiger partial charge on any atom is -0.493 e. The highest BCUT2D eigenvalue weighted by molar-refractivity contribution is 5.93. The van der Waals surface area contributed by atoms with Gasteiger partial charge in [-0.2, -0.15) is 5.06 Å². The predicted molar refractivity (Wildman–Crippen MR) is 131 cm³/mol. The number of allylic oxidation sites excluding steroid dienone is 2. The van der Waals surface area contributed by atoms with Crippen LogP contribution in [-0.2, 0) is 11.3 Å². The third-order valence-electron chi connectivity index (χ3n) is 6.99. The van der Waals surface area contributed by atoms with Gasteiger partial charge in [0.15, 0.2) is 0 Å². The highest BCUT2D eigenvalue weighted by atomic mass is 16.5. The topological polar surface area (TPSA) is 57.5 Å². The first-order valence-corrected chi connectivity index (χ1v) is 12.4. The number of hydrogen-bond donors (Lipinski definition) is 2. The molecule has 0 aliphatic carbocycles. The molecule has 0 bridgehead atoms. The van der Waals surface area contributed by atoms with Gasteiger partial charge in [0.1, 0.15) is 19.0 Å². The van der Waals surface area contributed by atoms with Gasteiger partial charge in [0.25, 0.3) is 0 Å². The molecule has 0 radical (unpaired) electrons. The zero-order valence-corrected chi connectivity index (χ0v) is 20.8. The number of nitrogens with zero attached hydrogens (tertiary/aromatic N) is 2. The molecule has 182 valence electrons. The number of carbonyl (C=O) groups is 1. The molecule has 0 aromatic heterocycles. The van der Waals surface area contributed by atoms with E-state index < -0.39 is 0 Å². The van der Waals surface area contributed by atoms with Crippen LogP contribution in [0.3, 0.4) is 0 Å². The van der Waals surface area contributed by atoms with Gasteiger partial charge < -0.3 is 9.64 Å². The van der Waals surface area contributed by atoms with E-state index in [4.69, 9.17) is 4.74 Å². The lowest BCUT2D eigenvalue weighted by molar-refractivity contribution is -1.03. The van der Waals surface area contributed by atoms with Crippen LogP contribution >= 0.6 is 0 Å². The van der Waals surface area contributed by atoms with Crippen LogP contribution in [0, 0.1) is 11.3 Å². The molecule has 2 N–H and O–H groups in total. The van der Waals surface area contributed by atoms with Crippen LogP contribution in [0.15, 0.2) is 48.2 Å². The van der Waals surface area contributed by atoms with E-state index in [9.17, 15) is 10.0 Å². The maximum atomic E-state index is 12.8. The monoisotopic (exact) mass is 456 g/mol. The molecule has 2 aliphatic rings. The molecule has 0 saturated carbocycles. The summed E-state index contributed by atoms with van der Waals surface area (Å²) in [5.74, 6) is 1.65. The molecule has 6 nitrogen and oxygen atoms in total. The van der Waals surface area contributed by atoms with Gasteiger partial charge in [-0.05, 0) is 75.2 Å². The molecule has 1 amide bonds. The number of likely N-dealkylation sites (tertiary alicyclic amines) is 2. The minimum absolute atomic E-state index is 0.112. The van der Waals surface area contributed by atoms with Gasteiger partial charge in [0.2, 0.25) is 5.91 Å². The number of rotatable bonds is 8. The summed E-state index contributed by atoms with van der Waals surface area (Å²) in [6.07, 6.45) is 9.70. The first-order chi connectivity index (χ1) is 15.8. The molecule has 1 atom stereocenters. The summed E-state index contributed by atoms with van der Waals surface area (Å²) in [6.45, 7) is 11.8. The Hall–Kier alpha value is -2.15. The Balaban J connectivity index is 1.49. The molecule has 2 fully saturated rings. The third kappa shape index (κ3) is 7.42. The molecular weight excluding hydrogens is 414 g/mol. The molecule has 1 spiro atoms. The zero-order valence-electron chi connectivity index (χ0n) is 20.8. The van der Waals surface area contributed by atoms with Crippen molar-refractivity contribution in [1.82, 2.24) is 9.80 Å². The number of benzene rings is 1. The lowest BCUT2D eigenvalue weighted by atomic mass is 9.71. The van der Waals surface area contributed by atoms with Crippen molar-refractivity contribution in [2.75, 3.05) is 39.8 Å². The van der Waals surface area contributed by atoms with Gasteiger partial charge in [0.05, 0.1) is 6.61 Å². The Kier molecular flexibility index (Phi) is 9.12. The van der Waals surface area contributed by atoms with Crippen molar-refractivity contribution in [3.8, 4) is 5.75 Å². The van der Waals surface area contributed by atoms with Crippen LogP contribution in [0.1, 0.15) is 52.0 Å². The third-order valence-corrected chi connectivity index (χ3v) is 6.99. The molecule has 2 heterocycles. The van der Waals surface area contributed by atoms with E-state index in [2.05, 4.69) is 43.0 Å². The average molecular weight is 457 g/mol. The standard InChI is InChI=1S/C27H41N3O3/c1-22(2)21-33-25-10-6-5-9-24(25)20-29-16-11-27(12-17-29)13-18-30(19-14-27)26(31)23(3)8-7-15-28(4)32/h5-10,15,22,32H,11-14,16-21H2,1-4H3/p+1/b15-7-,23-8+. The average Bonchev–Trinajstić information content (AvgIpc) is 2.80. The molecule has 1 aromatic carbocycles. The van der Waals surface area contributed by atoms with Crippen molar-refractivity contribution >= 4 is 5.91 Å². The van der Waals surface area contributed by atoms with Crippen LogP contribution in [0.5, 0.6) is 5.75 Å². The maximum Gasteiger partial charge on any atom is 0.249 e. The van der Waals surface area contributed by atoms with E-state index in [1.807, 2.05) is 11.8 Å². The number of quaternary nitrogens is 1. The van der Waals surface area contributed by atoms with Gasteiger partial charge in [-0.15, -0.1) is 0 Å². The molecule has 3 rings (SSSR count). The van der Waals surface area contributed by atoms with Crippen molar-refractivity contribution in [1.29, 1.82) is 0 Å². The first kappa shape index (κ1) is 25.5. The molecule has 2 saturated heterocycles. The summed E-state index contributed by atoms with van der Waals surface area (Å²) in [5.41, 5.74) is 2.37. The quantitative estimate of drug-likeness (QED) is 0.358. The molecule has 6 heteroatoms. The van der Waals surface area contributed by atoms with E-state index in [-0.39, 0.29) is 11.0 Å². The molecular formula is C27H42N3O3+. The van der Waals surface area contributed by atoms with Gasteiger partial charge >= 0.3 is 0 Å². The summed E-state index contributed by atoms with van der Waals surface area (Å²) < 4.78 is 6.05. The number of hydroxylamine groups is 2. The second kappa shape index (κ2) is 11.8. The number of ether oxygens (including phenoxy) is 1. The van der Waals surface area contributed by atoms with Crippen LogP contribution in [-0.4, -0.2) is 60.7 Å². The lowest BCUT2D eigenvalue weighted by Gasteiger charge is -2.47. The fourth-order valence-electron chi connectivity index (χ4n) is 4.79. The van der Waals surface area contributed by atoms with E-state index in [0.717, 1.165) is 63.5 Å². The summed E-state index contributed by atoms with van der Waals surface area (Å²) >= 11 is 0. The Bertz CT molecular complexity index is 829. The number of amides is 1. The SMILES string of the molecule is C/C(=C\C=C/[NH+](C)O)C(=O)N1CCC2(CCN(Cc3ccccc3OCC(C)C)CC2)CC1. The van der Waals surface area contributed by atoms with Gasteiger partial charge in [-0.25, -0.2) is 5.21 Å². The fourth-order valence-corrected chi connectivity index (χ4v) is 4.79. The lowest BCUT2D eigenvalue weighted by Crippen LogP contribution is -3.01. The van der Waals surface area contributed by atoms with Crippen LogP contribution in [0.2, 0.25) is 0 Å². The highest BCUT2D eigenvalue weighted by Crippen LogP contribution is 2.42. The van der Waals surface area contributed by atoms with E-state index in [1.54, 1.807) is 25.4 Å². The summed E-state index contributed by atoms with van der Waals surface area (Å²) in [5, 5.41) is 9.49. The smallest absolute Gasteiger partial charge is 0.249 e. The zero-order chi connectivity index (χ0) is 23.8. The predicted octanol–water partition coefficient (Wildman–Crippen LogP) is 3.29. The van der Waals surface area contributed by atoms with E-state index in [0.29, 0.717) is 11.3 Å². The Morgan fingerprint density at radius 1 is 1.15 bits per heavy atom. The molecule has 1 aromatic rings. The molecule has 33 heavy (non-hydrogen) atoms. The van der Waals surface area contributed by atoms with Crippen molar-refractivity contribution in [2.24, 2.45) is 11.3 Å². The van der Waals surface area contributed by atoms with Crippen molar-refractivity contribution in [3.63, 3.8) is 0 Å². The number of piperidine rings is 2. The second-order valence-corrected chi connectivity index (χ2v) is 10.2. The van der Waals surface area contributed by atoms with Gasteiger partial charge in [-0.1, -0.05) is 32.0 Å². The van der Waals surface area contributed by atoms with E-state index >= 15 is 0 Å². The second-order valence-electron chi connectivity index (χ2n) is 10.2. The summed E-state index contributed by atoms with van der Waals surface area (Å²) in [4.78, 5) is 17.3. The summed E-state index contributed by atoms with van der Waals surface area (Å²) in [7, 11) is 1.62. The highest BCUT2D eigenvalue weighted by Gasteiger charge is 2.38. The number of hydrogen-bond acceptors (Lipinski definition) is 4. The van der Waals surface area contributed by atoms with Crippen molar-refractivity contribution in [2.45, 2.75) is 53.0 Å². The number of para-hydroxylation sites is 1. The normalized spacial score (nSPS) is 20.5. The molecule has 2 aliphatic heterocycles. The molecule has 1 unspecified atom stereocenters. The maximum absolute atomic E-state index is 12.8. The van der Waals surface area contributed by atoms with Crippen molar-refractivity contribution < 1.29 is 19.8 Å². The fraction of sp³-hybridized carbons (Fsp3) is 0.593. The summed E-state index contributed by atoms with van der Waals surface area (Å²) in [6, 6.07) is 8.43. The van der Waals surface area contributed by atoms with E-state index in [1.165, 1.54) is 18.4 Å². The Morgan fingerprint density at radius 2 is 1.79 bits per heavy atom. The largest absolute Gasteiger partial charge is 0.493 e. The van der Waals surface area contributed by atoms with Gasteiger partial charge in [0, 0.05) is 30.8 Å². The Morgan fingerprint density at radius 3 is 2.42 bits per heavy atom. The first-order valence-electron chi connectivity index (χ1n) is 12.4. The van der Waals surface area contributed by atoms with Gasteiger partial charge in [-0.3, -0.25) is 9.69 Å². The van der Waals surface area contributed by atoms with Crippen LogP contribution in [0.4, 0.5) is 0 Å². The number of carbonyl (C=O) groups excluding carboxylic acids is 1. The van der Waals surface area contributed by atoms with Crippen LogP contribution < -0.4 is 9.80 Å².